The number of carbonyl (C=O) groups excluding carboxylic acids is 2. The Bertz CT molecular complexity index is 608. The van der Waals surface area contributed by atoms with Gasteiger partial charge in [0.15, 0.2) is 0 Å². The minimum Gasteiger partial charge on any atom is -0.491 e. The van der Waals surface area contributed by atoms with Crippen molar-refractivity contribution in [2.45, 2.75) is 51.7 Å². The van der Waals surface area contributed by atoms with Crippen molar-refractivity contribution >= 4 is 12.1 Å². The monoisotopic (exact) mass is 349 g/mol. The third kappa shape index (κ3) is 5.66. The van der Waals surface area contributed by atoms with Gasteiger partial charge in [0, 0.05) is 12.1 Å². The number of rotatable bonds is 5. The number of esters is 1. The first-order valence-electron chi connectivity index (χ1n) is 8.57. The van der Waals surface area contributed by atoms with E-state index in [-0.39, 0.29) is 24.5 Å². The molecule has 0 radical (unpaired) electrons. The largest absolute Gasteiger partial charge is 0.491 e. The van der Waals surface area contributed by atoms with Gasteiger partial charge in [-0.05, 0) is 39.7 Å². The zero-order chi connectivity index (χ0) is 18.4. The van der Waals surface area contributed by atoms with Crippen LogP contribution in [0.4, 0.5) is 4.79 Å². The Labute approximate surface area is 149 Å². The molecule has 1 amide bonds. The van der Waals surface area contributed by atoms with Gasteiger partial charge in [0.1, 0.15) is 18.0 Å². The molecule has 6 nitrogen and oxygen atoms in total. The number of benzene rings is 1. The molecule has 2 rings (SSSR count). The van der Waals surface area contributed by atoms with Crippen LogP contribution < -0.4 is 4.74 Å². The average Bonchev–Trinajstić information content (AvgIpc) is 3.01. The van der Waals surface area contributed by atoms with Crippen molar-refractivity contribution < 1.29 is 23.8 Å². The molecule has 1 aliphatic rings. The molecule has 1 heterocycles. The molecular weight excluding hydrogens is 322 g/mol. The van der Waals surface area contributed by atoms with Crippen LogP contribution in [-0.2, 0) is 20.7 Å². The van der Waals surface area contributed by atoms with E-state index in [1.807, 2.05) is 45.0 Å². The molecule has 138 valence electrons. The van der Waals surface area contributed by atoms with E-state index in [0.717, 1.165) is 18.4 Å². The highest BCUT2D eigenvalue weighted by molar-refractivity contribution is 5.73. The Hall–Kier alpha value is -2.24. The van der Waals surface area contributed by atoms with E-state index in [0.29, 0.717) is 18.9 Å². The van der Waals surface area contributed by atoms with Gasteiger partial charge >= 0.3 is 12.1 Å². The van der Waals surface area contributed by atoms with Crippen LogP contribution >= 0.6 is 0 Å². The molecule has 6 heteroatoms. The molecule has 1 aliphatic heterocycles. The molecule has 1 aromatic carbocycles. The van der Waals surface area contributed by atoms with Gasteiger partial charge < -0.3 is 19.1 Å². The molecule has 0 spiro atoms. The van der Waals surface area contributed by atoms with Crippen molar-refractivity contribution in [2.75, 3.05) is 20.3 Å². The minimum absolute atomic E-state index is 0.0268. The summed E-state index contributed by atoms with van der Waals surface area (Å²) in [6, 6.07) is 7.35. The number of para-hydroxylation sites is 1. The number of methoxy groups -OCH3 is 1. The van der Waals surface area contributed by atoms with Gasteiger partial charge in [0.05, 0.1) is 19.6 Å². The molecule has 1 atom stereocenters. The van der Waals surface area contributed by atoms with Gasteiger partial charge in [-0.1, -0.05) is 18.2 Å². The smallest absolute Gasteiger partial charge is 0.410 e. The Kier molecular flexibility index (Phi) is 6.28. The maximum Gasteiger partial charge on any atom is 0.410 e. The Morgan fingerprint density at radius 1 is 1.24 bits per heavy atom. The molecular formula is C19H27NO5. The van der Waals surface area contributed by atoms with E-state index in [2.05, 4.69) is 0 Å². The van der Waals surface area contributed by atoms with Crippen molar-refractivity contribution in [1.82, 2.24) is 4.90 Å². The van der Waals surface area contributed by atoms with Crippen molar-refractivity contribution in [1.29, 1.82) is 0 Å². The highest BCUT2D eigenvalue weighted by Crippen LogP contribution is 2.24. The van der Waals surface area contributed by atoms with Crippen molar-refractivity contribution in [3.63, 3.8) is 0 Å². The molecule has 0 N–H and O–H groups in total. The third-order valence-corrected chi connectivity index (χ3v) is 3.97. The maximum absolute atomic E-state index is 12.3. The van der Waals surface area contributed by atoms with Crippen molar-refractivity contribution in [3.8, 4) is 5.75 Å². The molecule has 0 aliphatic carbocycles. The minimum atomic E-state index is -0.516. The molecule has 0 bridgehead atoms. The quantitative estimate of drug-likeness (QED) is 0.764. The van der Waals surface area contributed by atoms with Crippen LogP contribution in [0.25, 0.3) is 0 Å². The Balaban J connectivity index is 1.98. The number of hydrogen-bond donors (Lipinski definition) is 0. The summed E-state index contributed by atoms with van der Waals surface area (Å²) in [7, 11) is 1.36. The normalized spacial score (nSPS) is 17.3. The summed E-state index contributed by atoms with van der Waals surface area (Å²) < 4.78 is 16.1. The summed E-state index contributed by atoms with van der Waals surface area (Å²) in [6.45, 7) is 6.62. The standard InChI is InChI=1S/C19H27NO5/c1-19(2,3)25-18(22)20-11-7-9-15(20)13-24-16-10-6-5-8-14(16)12-17(21)23-4/h5-6,8,10,15H,7,9,11-13H2,1-4H3. The van der Waals surface area contributed by atoms with Crippen LogP contribution in [-0.4, -0.2) is 48.9 Å². The zero-order valence-corrected chi connectivity index (χ0v) is 15.4. The van der Waals surface area contributed by atoms with Crippen molar-refractivity contribution in [2.24, 2.45) is 0 Å². The molecule has 0 saturated carbocycles. The van der Waals surface area contributed by atoms with Crippen LogP contribution in [0, 0.1) is 0 Å². The lowest BCUT2D eigenvalue weighted by Crippen LogP contribution is -2.42. The molecule has 0 aromatic heterocycles. The zero-order valence-electron chi connectivity index (χ0n) is 15.4. The number of nitrogens with zero attached hydrogens (tertiary/aromatic N) is 1. The van der Waals surface area contributed by atoms with Gasteiger partial charge in [-0.15, -0.1) is 0 Å². The molecule has 1 unspecified atom stereocenters. The summed E-state index contributed by atoms with van der Waals surface area (Å²) in [4.78, 5) is 25.6. The second-order valence-corrected chi connectivity index (χ2v) is 7.14. The SMILES string of the molecule is COC(=O)Cc1ccccc1OCC1CCCN1C(=O)OC(C)(C)C. The van der Waals surface area contributed by atoms with Crippen molar-refractivity contribution in [3.05, 3.63) is 29.8 Å². The summed E-state index contributed by atoms with van der Waals surface area (Å²) in [5, 5.41) is 0. The molecule has 25 heavy (non-hydrogen) atoms. The summed E-state index contributed by atoms with van der Waals surface area (Å²) in [5.41, 5.74) is 0.259. The topological polar surface area (TPSA) is 65.1 Å². The van der Waals surface area contributed by atoms with E-state index in [1.165, 1.54) is 7.11 Å². The van der Waals surface area contributed by atoms with Crippen LogP contribution in [0.1, 0.15) is 39.2 Å². The Morgan fingerprint density at radius 3 is 2.64 bits per heavy atom. The fourth-order valence-electron chi connectivity index (χ4n) is 2.77. The van der Waals surface area contributed by atoms with Crippen LogP contribution in [0.5, 0.6) is 5.75 Å². The fourth-order valence-corrected chi connectivity index (χ4v) is 2.77. The summed E-state index contributed by atoms with van der Waals surface area (Å²) in [5.74, 6) is 0.330. The lowest BCUT2D eigenvalue weighted by Gasteiger charge is -2.28. The predicted molar refractivity (Wildman–Crippen MR) is 93.6 cm³/mol. The van der Waals surface area contributed by atoms with E-state index in [4.69, 9.17) is 14.2 Å². The molecule has 1 fully saturated rings. The number of ether oxygens (including phenoxy) is 3. The van der Waals surface area contributed by atoms with Gasteiger partial charge in [0.25, 0.3) is 0 Å². The average molecular weight is 349 g/mol. The lowest BCUT2D eigenvalue weighted by atomic mass is 10.1. The van der Waals surface area contributed by atoms with E-state index in [9.17, 15) is 9.59 Å². The first-order valence-corrected chi connectivity index (χ1v) is 8.57. The third-order valence-electron chi connectivity index (χ3n) is 3.97. The number of hydrogen-bond acceptors (Lipinski definition) is 5. The first kappa shape index (κ1) is 19.1. The van der Waals surface area contributed by atoms with E-state index in [1.54, 1.807) is 4.90 Å². The van der Waals surface area contributed by atoms with Gasteiger partial charge in [0.2, 0.25) is 0 Å². The number of amides is 1. The highest BCUT2D eigenvalue weighted by atomic mass is 16.6. The van der Waals surface area contributed by atoms with Crippen LogP contribution in [0.2, 0.25) is 0 Å². The number of likely N-dealkylation sites (tertiary alicyclic amines) is 1. The second kappa shape index (κ2) is 8.23. The maximum atomic E-state index is 12.3. The Morgan fingerprint density at radius 2 is 1.96 bits per heavy atom. The second-order valence-electron chi connectivity index (χ2n) is 7.14. The van der Waals surface area contributed by atoms with Crippen LogP contribution in [0.3, 0.4) is 0 Å². The van der Waals surface area contributed by atoms with Gasteiger partial charge in [-0.25, -0.2) is 4.79 Å². The van der Waals surface area contributed by atoms with Gasteiger partial charge in [-0.3, -0.25) is 4.79 Å². The summed E-state index contributed by atoms with van der Waals surface area (Å²) in [6.07, 6.45) is 1.66. The molecule has 1 aromatic rings. The van der Waals surface area contributed by atoms with Crippen LogP contribution in [0.15, 0.2) is 24.3 Å². The van der Waals surface area contributed by atoms with E-state index >= 15 is 0 Å². The van der Waals surface area contributed by atoms with E-state index < -0.39 is 5.60 Å². The fraction of sp³-hybridized carbons (Fsp3) is 0.579. The summed E-state index contributed by atoms with van der Waals surface area (Å²) >= 11 is 0. The predicted octanol–water partition coefficient (Wildman–Crippen LogP) is 3.18. The molecule has 1 saturated heterocycles. The highest BCUT2D eigenvalue weighted by Gasteiger charge is 2.32. The van der Waals surface area contributed by atoms with Gasteiger partial charge in [-0.2, -0.15) is 0 Å². The first-order chi connectivity index (χ1) is 11.8. The number of carbonyl (C=O) groups is 2. The lowest BCUT2D eigenvalue weighted by molar-refractivity contribution is -0.139.